The van der Waals surface area contributed by atoms with E-state index >= 15 is 0 Å². The number of carbonyl (C=O) groups is 1. The predicted octanol–water partition coefficient (Wildman–Crippen LogP) is 3.38. The fourth-order valence-electron chi connectivity index (χ4n) is 3.26. The monoisotopic (exact) mass is 419 g/mol. The van der Waals surface area contributed by atoms with Crippen LogP contribution in [0.3, 0.4) is 0 Å². The summed E-state index contributed by atoms with van der Waals surface area (Å²) in [6.45, 7) is 5.01. The molecule has 2 heterocycles. The molecule has 2 N–H and O–H groups in total. The Hall–Kier alpha value is -3.65. The van der Waals surface area contributed by atoms with Gasteiger partial charge in [-0.15, -0.1) is 5.10 Å². The highest BCUT2D eigenvalue weighted by Crippen LogP contribution is 2.22. The molecule has 0 aliphatic carbocycles. The molecule has 4 rings (SSSR count). The second-order valence-corrected chi connectivity index (χ2v) is 7.20. The molecule has 1 saturated heterocycles. The molecule has 0 saturated carbocycles. The normalized spacial score (nSPS) is 13.5. The molecule has 0 unspecified atom stereocenters. The number of carbonyl (C=O) groups excluding carboxylic acids is 1. The first-order valence-electron chi connectivity index (χ1n) is 10.2. The lowest BCUT2D eigenvalue weighted by Gasteiger charge is -2.28. The molecule has 1 aliphatic rings. The number of hydrogen-bond acceptors (Lipinski definition) is 7. The van der Waals surface area contributed by atoms with E-state index in [4.69, 9.17) is 9.47 Å². The average molecular weight is 419 g/mol. The minimum Gasteiger partial charge on any atom is -0.483 e. The number of benzene rings is 2. The average Bonchev–Trinajstić information content (AvgIpc) is 2.81. The summed E-state index contributed by atoms with van der Waals surface area (Å²) in [4.78, 5) is 14.4. The maximum absolute atomic E-state index is 12.2. The maximum atomic E-state index is 12.2. The standard InChI is InChI=1S/C23H25N5O3/c1-17-4-2-3-5-21(17)31-16-23(29)26-19-8-6-18(7-9-19)25-22-14-20(15-24-27-22)28-10-12-30-13-11-28/h2-9,14-15H,10-13,16H2,1H3,(H,25,27)(H,26,29). The van der Waals surface area contributed by atoms with Gasteiger partial charge in [-0.25, -0.2) is 0 Å². The van der Waals surface area contributed by atoms with Gasteiger partial charge < -0.3 is 25.0 Å². The summed E-state index contributed by atoms with van der Waals surface area (Å²) in [5, 5.41) is 14.3. The molecule has 0 atom stereocenters. The van der Waals surface area contributed by atoms with Crippen molar-refractivity contribution < 1.29 is 14.3 Å². The smallest absolute Gasteiger partial charge is 0.262 e. The van der Waals surface area contributed by atoms with Gasteiger partial charge in [-0.2, -0.15) is 5.10 Å². The topological polar surface area (TPSA) is 88.6 Å². The van der Waals surface area contributed by atoms with E-state index in [1.54, 1.807) is 6.20 Å². The lowest BCUT2D eigenvalue weighted by atomic mass is 10.2. The number of anilines is 4. The molecule has 2 aromatic carbocycles. The fourth-order valence-corrected chi connectivity index (χ4v) is 3.26. The quantitative estimate of drug-likeness (QED) is 0.607. The van der Waals surface area contributed by atoms with Crippen molar-refractivity contribution in [1.82, 2.24) is 10.2 Å². The van der Waals surface area contributed by atoms with Gasteiger partial charge in [0, 0.05) is 30.5 Å². The first kappa shape index (κ1) is 20.6. The van der Waals surface area contributed by atoms with E-state index in [1.165, 1.54) is 0 Å². The van der Waals surface area contributed by atoms with Crippen LogP contribution in [0.1, 0.15) is 5.56 Å². The fraction of sp³-hybridized carbons (Fsp3) is 0.261. The first-order chi connectivity index (χ1) is 15.2. The summed E-state index contributed by atoms with van der Waals surface area (Å²) in [6.07, 6.45) is 1.76. The number of rotatable bonds is 7. The highest BCUT2D eigenvalue weighted by molar-refractivity contribution is 5.92. The lowest BCUT2D eigenvalue weighted by Crippen LogP contribution is -2.36. The Bertz CT molecular complexity index is 1020. The van der Waals surface area contributed by atoms with Gasteiger partial charge >= 0.3 is 0 Å². The molecule has 0 bridgehead atoms. The van der Waals surface area contributed by atoms with Crippen LogP contribution in [-0.4, -0.2) is 49.0 Å². The van der Waals surface area contributed by atoms with E-state index < -0.39 is 0 Å². The zero-order valence-corrected chi connectivity index (χ0v) is 17.4. The molecule has 0 radical (unpaired) electrons. The van der Waals surface area contributed by atoms with Crippen molar-refractivity contribution >= 4 is 28.8 Å². The zero-order chi connectivity index (χ0) is 21.5. The van der Waals surface area contributed by atoms with Gasteiger partial charge in [-0.3, -0.25) is 4.79 Å². The molecule has 8 heteroatoms. The van der Waals surface area contributed by atoms with Crippen LogP contribution in [0.25, 0.3) is 0 Å². The third-order valence-electron chi connectivity index (χ3n) is 4.91. The zero-order valence-electron chi connectivity index (χ0n) is 17.4. The van der Waals surface area contributed by atoms with Crippen LogP contribution in [-0.2, 0) is 9.53 Å². The van der Waals surface area contributed by atoms with Gasteiger partial charge in [-0.05, 0) is 42.8 Å². The van der Waals surface area contributed by atoms with Crippen molar-refractivity contribution in [2.75, 3.05) is 48.4 Å². The van der Waals surface area contributed by atoms with Crippen molar-refractivity contribution in [2.45, 2.75) is 6.92 Å². The molecule has 160 valence electrons. The predicted molar refractivity (Wildman–Crippen MR) is 120 cm³/mol. The number of nitrogens with zero attached hydrogens (tertiary/aromatic N) is 3. The van der Waals surface area contributed by atoms with E-state index in [0.29, 0.717) is 30.5 Å². The summed E-state index contributed by atoms with van der Waals surface area (Å²) in [5.74, 6) is 1.15. The van der Waals surface area contributed by atoms with Crippen molar-refractivity contribution in [3.05, 3.63) is 66.4 Å². The number of para-hydroxylation sites is 1. The maximum Gasteiger partial charge on any atom is 0.262 e. The number of aromatic nitrogens is 2. The number of nitrogens with one attached hydrogen (secondary N) is 2. The Balaban J connectivity index is 1.31. The van der Waals surface area contributed by atoms with E-state index in [9.17, 15) is 4.79 Å². The first-order valence-corrected chi connectivity index (χ1v) is 10.2. The van der Waals surface area contributed by atoms with E-state index in [0.717, 1.165) is 30.0 Å². The van der Waals surface area contributed by atoms with Crippen LogP contribution < -0.4 is 20.3 Å². The Kier molecular flexibility index (Phi) is 6.59. The molecule has 3 aromatic rings. The summed E-state index contributed by atoms with van der Waals surface area (Å²) in [6, 6.07) is 17.0. The summed E-state index contributed by atoms with van der Waals surface area (Å²) in [7, 11) is 0. The third kappa shape index (κ3) is 5.70. The van der Waals surface area contributed by atoms with Gasteiger partial charge in [-0.1, -0.05) is 18.2 Å². The van der Waals surface area contributed by atoms with Crippen molar-refractivity contribution in [3.63, 3.8) is 0 Å². The van der Waals surface area contributed by atoms with Gasteiger partial charge in [0.25, 0.3) is 5.91 Å². The summed E-state index contributed by atoms with van der Waals surface area (Å²) >= 11 is 0. The second-order valence-electron chi connectivity index (χ2n) is 7.20. The number of aryl methyl sites for hydroxylation is 1. The molecular formula is C23H25N5O3. The van der Waals surface area contributed by atoms with Gasteiger partial charge in [0.2, 0.25) is 0 Å². The van der Waals surface area contributed by atoms with E-state index in [2.05, 4.69) is 25.7 Å². The molecule has 0 spiro atoms. The molecule has 31 heavy (non-hydrogen) atoms. The molecule has 8 nitrogen and oxygen atoms in total. The van der Waals surface area contributed by atoms with Crippen LogP contribution in [0.4, 0.5) is 22.9 Å². The minimum atomic E-state index is -0.215. The van der Waals surface area contributed by atoms with Gasteiger partial charge in [0.05, 0.1) is 25.1 Å². The Morgan fingerprint density at radius 1 is 1.10 bits per heavy atom. The van der Waals surface area contributed by atoms with Gasteiger partial charge in [0.15, 0.2) is 12.4 Å². The number of ether oxygens (including phenoxy) is 2. The van der Waals surface area contributed by atoms with Crippen LogP contribution in [0.5, 0.6) is 5.75 Å². The largest absolute Gasteiger partial charge is 0.483 e. The van der Waals surface area contributed by atoms with Crippen molar-refractivity contribution in [2.24, 2.45) is 0 Å². The number of morpholine rings is 1. The third-order valence-corrected chi connectivity index (χ3v) is 4.91. The SMILES string of the molecule is Cc1ccccc1OCC(=O)Nc1ccc(Nc2cc(N3CCOCC3)cnn2)cc1. The van der Waals surface area contributed by atoms with Crippen LogP contribution in [0.15, 0.2) is 60.8 Å². The van der Waals surface area contributed by atoms with Crippen LogP contribution in [0.2, 0.25) is 0 Å². The summed E-state index contributed by atoms with van der Waals surface area (Å²) in [5.41, 5.74) is 3.55. The van der Waals surface area contributed by atoms with E-state index in [-0.39, 0.29) is 12.5 Å². The van der Waals surface area contributed by atoms with Crippen molar-refractivity contribution in [1.29, 1.82) is 0 Å². The molecule has 1 aromatic heterocycles. The van der Waals surface area contributed by atoms with Gasteiger partial charge in [0.1, 0.15) is 5.75 Å². The minimum absolute atomic E-state index is 0.0468. The highest BCUT2D eigenvalue weighted by atomic mass is 16.5. The highest BCUT2D eigenvalue weighted by Gasteiger charge is 2.12. The summed E-state index contributed by atoms with van der Waals surface area (Å²) < 4.78 is 11.0. The Morgan fingerprint density at radius 3 is 2.61 bits per heavy atom. The number of hydrogen-bond donors (Lipinski definition) is 2. The molecular weight excluding hydrogens is 394 g/mol. The lowest BCUT2D eigenvalue weighted by molar-refractivity contribution is -0.118. The Labute approximate surface area is 181 Å². The van der Waals surface area contributed by atoms with Crippen molar-refractivity contribution in [3.8, 4) is 5.75 Å². The van der Waals surface area contributed by atoms with Crippen LogP contribution in [0, 0.1) is 6.92 Å². The second kappa shape index (κ2) is 9.90. The molecule has 1 amide bonds. The van der Waals surface area contributed by atoms with Crippen LogP contribution >= 0.6 is 0 Å². The van der Waals surface area contributed by atoms with E-state index in [1.807, 2.05) is 61.5 Å². The number of amides is 1. The molecule has 1 fully saturated rings. The molecule has 1 aliphatic heterocycles. The Morgan fingerprint density at radius 2 is 1.84 bits per heavy atom.